The SMILES string of the molecule is N#Cc1nc(NCCCOC2CCOCC2)ccc1Cl. The Morgan fingerprint density at radius 2 is 2.25 bits per heavy atom. The van der Waals surface area contributed by atoms with Gasteiger partial charge in [-0.3, -0.25) is 0 Å². The third-order valence-corrected chi connectivity index (χ3v) is 3.41. The second-order valence-corrected chi connectivity index (χ2v) is 5.01. The van der Waals surface area contributed by atoms with Gasteiger partial charge in [0.05, 0.1) is 11.1 Å². The summed E-state index contributed by atoms with van der Waals surface area (Å²) in [6.07, 6.45) is 3.20. The van der Waals surface area contributed by atoms with Crippen LogP contribution in [0.1, 0.15) is 25.0 Å². The Labute approximate surface area is 123 Å². The Morgan fingerprint density at radius 1 is 1.45 bits per heavy atom. The summed E-state index contributed by atoms with van der Waals surface area (Å²) in [6.45, 7) is 3.07. The van der Waals surface area contributed by atoms with E-state index >= 15 is 0 Å². The molecule has 1 N–H and O–H groups in total. The standard InChI is InChI=1S/C14H18ClN3O2/c15-12-2-3-14(18-13(12)10-16)17-6-1-7-20-11-4-8-19-9-5-11/h2-3,11H,1,4-9H2,(H,17,18). The van der Waals surface area contributed by atoms with E-state index in [0.29, 0.717) is 16.9 Å². The van der Waals surface area contributed by atoms with Crippen LogP contribution >= 0.6 is 11.6 Å². The van der Waals surface area contributed by atoms with Crippen LogP contribution in [0.15, 0.2) is 12.1 Å². The molecule has 1 aromatic heterocycles. The maximum Gasteiger partial charge on any atom is 0.161 e. The minimum absolute atomic E-state index is 0.245. The van der Waals surface area contributed by atoms with E-state index < -0.39 is 0 Å². The molecule has 0 radical (unpaired) electrons. The first kappa shape index (κ1) is 15.0. The Balaban J connectivity index is 1.64. The Kier molecular flexibility index (Phi) is 6.06. The molecule has 1 fully saturated rings. The van der Waals surface area contributed by atoms with Crippen molar-refractivity contribution in [2.45, 2.75) is 25.4 Å². The van der Waals surface area contributed by atoms with Crippen LogP contribution < -0.4 is 5.32 Å². The van der Waals surface area contributed by atoms with E-state index in [2.05, 4.69) is 10.3 Å². The number of pyridine rings is 1. The van der Waals surface area contributed by atoms with Crippen LogP contribution in [-0.4, -0.2) is 37.5 Å². The van der Waals surface area contributed by atoms with Crippen LogP contribution in [0.5, 0.6) is 0 Å². The summed E-state index contributed by atoms with van der Waals surface area (Å²) in [5, 5.41) is 12.4. The van der Waals surface area contributed by atoms with Crippen molar-refractivity contribution in [3.8, 4) is 6.07 Å². The van der Waals surface area contributed by atoms with Gasteiger partial charge in [0.15, 0.2) is 5.69 Å². The van der Waals surface area contributed by atoms with E-state index in [1.807, 2.05) is 6.07 Å². The largest absolute Gasteiger partial charge is 0.381 e. The fraction of sp³-hybridized carbons (Fsp3) is 0.571. The first-order valence-electron chi connectivity index (χ1n) is 6.79. The zero-order valence-corrected chi connectivity index (χ0v) is 12.0. The van der Waals surface area contributed by atoms with Gasteiger partial charge in [0.2, 0.25) is 0 Å². The molecule has 1 saturated heterocycles. The minimum atomic E-state index is 0.245. The molecular formula is C14H18ClN3O2. The Bertz CT molecular complexity index is 470. The fourth-order valence-corrected chi connectivity index (χ4v) is 2.15. The van der Waals surface area contributed by atoms with Crippen molar-refractivity contribution >= 4 is 17.4 Å². The number of nitrogens with one attached hydrogen (secondary N) is 1. The summed E-state index contributed by atoms with van der Waals surface area (Å²) in [7, 11) is 0. The van der Waals surface area contributed by atoms with Gasteiger partial charge >= 0.3 is 0 Å². The number of hydrogen-bond donors (Lipinski definition) is 1. The number of hydrogen-bond acceptors (Lipinski definition) is 5. The van der Waals surface area contributed by atoms with E-state index in [1.54, 1.807) is 12.1 Å². The lowest BCUT2D eigenvalue weighted by Gasteiger charge is -2.22. The van der Waals surface area contributed by atoms with E-state index in [9.17, 15) is 0 Å². The second kappa shape index (κ2) is 8.05. The molecule has 0 bridgehead atoms. The summed E-state index contributed by atoms with van der Waals surface area (Å²) in [5.41, 5.74) is 0.245. The molecule has 108 valence electrons. The maximum atomic E-state index is 8.84. The van der Waals surface area contributed by atoms with Crippen molar-refractivity contribution in [3.63, 3.8) is 0 Å². The number of aromatic nitrogens is 1. The van der Waals surface area contributed by atoms with Crippen molar-refractivity contribution in [2.24, 2.45) is 0 Å². The highest BCUT2D eigenvalue weighted by molar-refractivity contribution is 6.31. The first-order chi connectivity index (χ1) is 9.79. The van der Waals surface area contributed by atoms with Gasteiger partial charge in [-0.15, -0.1) is 0 Å². The molecular weight excluding hydrogens is 278 g/mol. The molecule has 6 heteroatoms. The quantitative estimate of drug-likeness (QED) is 0.817. The van der Waals surface area contributed by atoms with Gasteiger partial charge < -0.3 is 14.8 Å². The van der Waals surface area contributed by atoms with Gasteiger partial charge in [0, 0.05) is 26.4 Å². The fourth-order valence-electron chi connectivity index (χ4n) is 2.00. The molecule has 0 saturated carbocycles. The zero-order chi connectivity index (χ0) is 14.2. The van der Waals surface area contributed by atoms with Crippen LogP contribution in [0.3, 0.4) is 0 Å². The third-order valence-electron chi connectivity index (χ3n) is 3.10. The van der Waals surface area contributed by atoms with Crippen LogP contribution in [0, 0.1) is 11.3 Å². The second-order valence-electron chi connectivity index (χ2n) is 4.60. The van der Waals surface area contributed by atoms with Crippen molar-refractivity contribution in [3.05, 3.63) is 22.8 Å². The summed E-state index contributed by atoms with van der Waals surface area (Å²) in [5.74, 6) is 0.664. The van der Waals surface area contributed by atoms with Gasteiger partial charge in [0.25, 0.3) is 0 Å². The molecule has 1 aliphatic heterocycles. The van der Waals surface area contributed by atoms with E-state index in [-0.39, 0.29) is 5.69 Å². The molecule has 0 unspecified atom stereocenters. The predicted molar refractivity (Wildman–Crippen MR) is 76.9 cm³/mol. The Hall–Kier alpha value is -1.35. The molecule has 5 nitrogen and oxygen atoms in total. The maximum absolute atomic E-state index is 8.84. The molecule has 20 heavy (non-hydrogen) atoms. The normalized spacial score (nSPS) is 15.8. The van der Waals surface area contributed by atoms with E-state index in [4.69, 9.17) is 26.3 Å². The number of anilines is 1. The highest BCUT2D eigenvalue weighted by atomic mass is 35.5. The molecule has 2 heterocycles. The molecule has 1 aliphatic rings. The summed E-state index contributed by atoms with van der Waals surface area (Å²) >= 11 is 5.82. The highest BCUT2D eigenvalue weighted by Gasteiger charge is 2.13. The lowest BCUT2D eigenvalue weighted by Crippen LogP contribution is -2.24. The number of nitrogens with zero attached hydrogens (tertiary/aromatic N) is 2. The summed E-state index contributed by atoms with van der Waals surface area (Å²) in [4.78, 5) is 4.12. The van der Waals surface area contributed by atoms with Crippen molar-refractivity contribution < 1.29 is 9.47 Å². The van der Waals surface area contributed by atoms with Gasteiger partial charge in [-0.25, -0.2) is 4.98 Å². The zero-order valence-electron chi connectivity index (χ0n) is 11.3. The number of nitriles is 1. The molecule has 0 aromatic carbocycles. The van der Waals surface area contributed by atoms with Gasteiger partial charge in [0.1, 0.15) is 11.9 Å². The van der Waals surface area contributed by atoms with Gasteiger partial charge in [-0.1, -0.05) is 11.6 Å². The number of rotatable bonds is 6. The smallest absolute Gasteiger partial charge is 0.161 e. The molecule has 0 atom stereocenters. The van der Waals surface area contributed by atoms with Crippen molar-refractivity contribution in [1.82, 2.24) is 4.98 Å². The van der Waals surface area contributed by atoms with Crippen LogP contribution in [0.2, 0.25) is 5.02 Å². The lowest BCUT2D eigenvalue weighted by molar-refractivity contribution is -0.0316. The molecule has 1 aromatic rings. The van der Waals surface area contributed by atoms with Crippen LogP contribution in [0.4, 0.5) is 5.82 Å². The van der Waals surface area contributed by atoms with E-state index in [1.165, 1.54) is 0 Å². The molecule has 0 spiro atoms. The average Bonchev–Trinajstić information content (AvgIpc) is 2.49. The first-order valence-corrected chi connectivity index (χ1v) is 7.17. The topological polar surface area (TPSA) is 67.2 Å². The highest BCUT2D eigenvalue weighted by Crippen LogP contribution is 2.15. The third kappa shape index (κ3) is 4.64. The number of ether oxygens (including phenoxy) is 2. The predicted octanol–water partition coefficient (Wildman–Crippen LogP) is 2.60. The van der Waals surface area contributed by atoms with Gasteiger partial charge in [-0.2, -0.15) is 5.26 Å². The van der Waals surface area contributed by atoms with Gasteiger partial charge in [-0.05, 0) is 31.4 Å². The summed E-state index contributed by atoms with van der Waals surface area (Å²) < 4.78 is 11.0. The average molecular weight is 296 g/mol. The van der Waals surface area contributed by atoms with Crippen LogP contribution in [0.25, 0.3) is 0 Å². The minimum Gasteiger partial charge on any atom is -0.381 e. The summed E-state index contributed by atoms with van der Waals surface area (Å²) in [6, 6.07) is 5.40. The van der Waals surface area contributed by atoms with Crippen LogP contribution in [-0.2, 0) is 9.47 Å². The van der Waals surface area contributed by atoms with Crippen molar-refractivity contribution in [2.75, 3.05) is 31.7 Å². The van der Waals surface area contributed by atoms with Crippen molar-refractivity contribution in [1.29, 1.82) is 5.26 Å². The lowest BCUT2D eigenvalue weighted by atomic mass is 10.1. The van der Waals surface area contributed by atoms with E-state index in [0.717, 1.165) is 45.6 Å². The monoisotopic (exact) mass is 295 g/mol. The number of halogens is 1. The molecule has 0 aliphatic carbocycles. The molecule has 0 amide bonds. The molecule has 2 rings (SSSR count). The Morgan fingerprint density at radius 3 is 3.00 bits per heavy atom.